The predicted octanol–water partition coefficient (Wildman–Crippen LogP) is 2.13. The number of hydrogen-bond acceptors (Lipinski definition) is 7. The van der Waals surface area contributed by atoms with Gasteiger partial charge in [-0.05, 0) is 24.3 Å². The van der Waals surface area contributed by atoms with Crippen molar-refractivity contribution in [2.24, 2.45) is 0 Å². The van der Waals surface area contributed by atoms with Crippen LogP contribution in [0.3, 0.4) is 0 Å². The zero-order chi connectivity index (χ0) is 18.1. The fraction of sp³-hybridized carbons (Fsp3) is 0.312. The van der Waals surface area contributed by atoms with Gasteiger partial charge in [0, 0.05) is 13.8 Å². The third-order valence-electron chi connectivity index (χ3n) is 3.41. The van der Waals surface area contributed by atoms with Crippen molar-refractivity contribution in [1.82, 2.24) is 4.90 Å². The van der Waals surface area contributed by atoms with E-state index in [1.807, 2.05) is 0 Å². The van der Waals surface area contributed by atoms with Crippen molar-refractivity contribution in [3.63, 3.8) is 0 Å². The minimum Gasteiger partial charge on any atom is -0.448 e. The SMILES string of the molecule is CC(=O)O[C@@H](C)OC(=O)C1=C(Oc2ccc(F)cc2)S[C@@H]2CC(=O)N12. The molecular weight excluding hydrogens is 353 g/mol. The first-order chi connectivity index (χ1) is 11.8. The number of amides is 1. The standard InChI is InChI=1S/C16H14FNO6S/c1-8(19)22-9(2)23-15(21)14-16(25-13-7-12(20)18(13)14)24-11-5-3-10(17)4-6-11/h3-6,9,13H,7H2,1-2H3/t9-,13-/m1/s1. The van der Waals surface area contributed by atoms with E-state index in [2.05, 4.69) is 0 Å². The minimum absolute atomic E-state index is 0.0467. The number of nitrogens with zero attached hydrogens (tertiary/aromatic N) is 1. The Balaban J connectivity index is 1.81. The molecule has 2 heterocycles. The quantitative estimate of drug-likeness (QED) is 0.448. The molecule has 2 aliphatic rings. The maximum atomic E-state index is 13.0. The van der Waals surface area contributed by atoms with Crippen LogP contribution in [0, 0.1) is 5.82 Å². The topological polar surface area (TPSA) is 82.1 Å². The molecule has 0 radical (unpaired) electrons. The number of esters is 2. The van der Waals surface area contributed by atoms with Crippen LogP contribution in [-0.2, 0) is 23.9 Å². The summed E-state index contributed by atoms with van der Waals surface area (Å²) in [6.07, 6.45) is -0.831. The van der Waals surface area contributed by atoms with Crippen molar-refractivity contribution in [2.75, 3.05) is 0 Å². The average Bonchev–Trinajstić information content (AvgIpc) is 2.81. The van der Waals surface area contributed by atoms with Crippen LogP contribution in [0.25, 0.3) is 0 Å². The highest BCUT2D eigenvalue weighted by Gasteiger charge is 2.50. The van der Waals surface area contributed by atoms with Gasteiger partial charge in [0.2, 0.25) is 12.2 Å². The number of benzene rings is 1. The molecule has 0 bridgehead atoms. The Morgan fingerprint density at radius 3 is 2.56 bits per heavy atom. The number of hydrogen-bond donors (Lipinski definition) is 0. The van der Waals surface area contributed by atoms with E-state index in [1.165, 1.54) is 54.8 Å². The van der Waals surface area contributed by atoms with E-state index in [4.69, 9.17) is 14.2 Å². The first-order valence-electron chi connectivity index (χ1n) is 7.40. The summed E-state index contributed by atoms with van der Waals surface area (Å²) in [6.45, 7) is 2.57. The van der Waals surface area contributed by atoms with Gasteiger partial charge in [-0.3, -0.25) is 14.5 Å². The highest BCUT2D eigenvalue weighted by atomic mass is 32.2. The molecule has 2 aliphatic heterocycles. The van der Waals surface area contributed by atoms with E-state index in [0.717, 1.165) is 0 Å². The highest BCUT2D eigenvalue weighted by molar-refractivity contribution is 8.03. The van der Waals surface area contributed by atoms with Gasteiger partial charge in [-0.1, -0.05) is 11.8 Å². The Bertz CT molecular complexity index is 762. The van der Waals surface area contributed by atoms with E-state index in [-0.39, 0.29) is 28.5 Å². The van der Waals surface area contributed by atoms with Gasteiger partial charge in [0.25, 0.3) is 0 Å². The van der Waals surface area contributed by atoms with Crippen molar-refractivity contribution in [2.45, 2.75) is 31.9 Å². The number of ether oxygens (including phenoxy) is 3. The Kier molecular flexibility index (Phi) is 4.67. The lowest BCUT2D eigenvalue weighted by molar-refractivity contribution is -0.182. The van der Waals surface area contributed by atoms with Gasteiger partial charge in [-0.15, -0.1) is 0 Å². The van der Waals surface area contributed by atoms with E-state index in [9.17, 15) is 18.8 Å². The number of thioether (sulfide) groups is 1. The zero-order valence-corrected chi connectivity index (χ0v) is 14.2. The molecule has 25 heavy (non-hydrogen) atoms. The van der Waals surface area contributed by atoms with Gasteiger partial charge in [-0.2, -0.15) is 0 Å². The number of carbonyl (C=O) groups excluding carboxylic acids is 3. The molecule has 1 saturated heterocycles. The molecule has 1 aromatic carbocycles. The largest absolute Gasteiger partial charge is 0.448 e. The molecule has 0 saturated carbocycles. The molecule has 7 nitrogen and oxygen atoms in total. The highest BCUT2D eigenvalue weighted by Crippen LogP contribution is 2.47. The molecule has 0 unspecified atom stereocenters. The first-order valence-corrected chi connectivity index (χ1v) is 8.27. The summed E-state index contributed by atoms with van der Waals surface area (Å²) >= 11 is 1.20. The van der Waals surface area contributed by atoms with E-state index < -0.39 is 24.0 Å². The van der Waals surface area contributed by atoms with Crippen LogP contribution < -0.4 is 4.74 Å². The van der Waals surface area contributed by atoms with Crippen molar-refractivity contribution >= 4 is 29.6 Å². The molecule has 132 valence electrons. The summed E-state index contributed by atoms with van der Waals surface area (Å²) in [5, 5.41) is -0.0583. The summed E-state index contributed by atoms with van der Waals surface area (Å²) in [7, 11) is 0. The summed E-state index contributed by atoms with van der Waals surface area (Å²) in [5.74, 6) is -1.78. The Morgan fingerprint density at radius 2 is 1.96 bits per heavy atom. The van der Waals surface area contributed by atoms with Crippen LogP contribution in [0.2, 0.25) is 0 Å². The van der Waals surface area contributed by atoms with Crippen LogP contribution in [0.1, 0.15) is 20.3 Å². The van der Waals surface area contributed by atoms with Crippen molar-refractivity contribution in [3.8, 4) is 5.75 Å². The molecule has 1 amide bonds. The number of β-lactam (4-membered cyclic amide) rings is 1. The summed E-state index contributed by atoms with van der Waals surface area (Å²) < 4.78 is 28.4. The molecule has 0 spiro atoms. The maximum absolute atomic E-state index is 13.0. The van der Waals surface area contributed by atoms with Crippen molar-refractivity contribution in [3.05, 3.63) is 40.9 Å². The average molecular weight is 367 g/mol. The summed E-state index contributed by atoms with van der Waals surface area (Å²) in [6, 6.07) is 5.25. The molecule has 2 atom stereocenters. The van der Waals surface area contributed by atoms with Crippen LogP contribution in [0.5, 0.6) is 5.75 Å². The first kappa shape index (κ1) is 17.3. The predicted molar refractivity (Wildman–Crippen MR) is 84.2 cm³/mol. The smallest absolute Gasteiger partial charge is 0.362 e. The summed E-state index contributed by atoms with van der Waals surface area (Å²) in [4.78, 5) is 36.4. The van der Waals surface area contributed by atoms with E-state index in [0.29, 0.717) is 5.75 Å². The molecule has 1 aromatic rings. The molecule has 0 N–H and O–H groups in total. The van der Waals surface area contributed by atoms with E-state index >= 15 is 0 Å². The zero-order valence-electron chi connectivity index (χ0n) is 13.4. The lowest BCUT2D eigenvalue weighted by Crippen LogP contribution is -2.49. The van der Waals surface area contributed by atoms with Gasteiger partial charge in [0.15, 0.2) is 10.8 Å². The Labute approximate surface area is 146 Å². The summed E-state index contributed by atoms with van der Waals surface area (Å²) in [5.41, 5.74) is -0.0467. The molecule has 1 fully saturated rings. The van der Waals surface area contributed by atoms with Gasteiger partial charge in [0.1, 0.15) is 11.6 Å². The third kappa shape index (κ3) is 3.60. The maximum Gasteiger partial charge on any atom is 0.362 e. The number of rotatable bonds is 5. The van der Waals surface area contributed by atoms with Gasteiger partial charge in [0.05, 0.1) is 11.8 Å². The van der Waals surface area contributed by atoms with E-state index in [1.54, 1.807) is 0 Å². The second-order valence-electron chi connectivity index (χ2n) is 5.31. The fourth-order valence-corrected chi connectivity index (χ4v) is 3.60. The molecule has 9 heteroatoms. The van der Waals surface area contributed by atoms with Crippen LogP contribution in [-0.4, -0.2) is 34.4 Å². The van der Waals surface area contributed by atoms with Crippen molar-refractivity contribution < 1.29 is 33.0 Å². The van der Waals surface area contributed by atoms with Gasteiger partial charge in [-0.25, -0.2) is 9.18 Å². The van der Waals surface area contributed by atoms with Gasteiger partial charge >= 0.3 is 11.9 Å². The Hall–Kier alpha value is -2.55. The normalized spacial score (nSPS) is 19.9. The third-order valence-corrected chi connectivity index (χ3v) is 4.55. The molecular formula is C16H14FNO6S. The second-order valence-corrected chi connectivity index (χ2v) is 6.47. The molecule has 3 rings (SSSR count). The lowest BCUT2D eigenvalue weighted by atomic mass is 10.2. The molecule has 0 aliphatic carbocycles. The molecule has 0 aromatic heterocycles. The number of fused-ring (bicyclic) bond motifs is 1. The lowest BCUT2D eigenvalue weighted by Gasteiger charge is -2.33. The van der Waals surface area contributed by atoms with Gasteiger partial charge < -0.3 is 14.2 Å². The Morgan fingerprint density at radius 1 is 1.28 bits per heavy atom. The minimum atomic E-state index is -1.11. The number of halogens is 1. The monoisotopic (exact) mass is 367 g/mol. The number of carbonyl (C=O) groups is 3. The van der Waals surface area contributed by atoms with Crippen LogP contribution in [0.4, 0.5) is 4.39 Å². The van der Waals surface area contributed by atoms with Crippen molar-refractivity contribution in [1.29, 1.82) is 0 Å². The second kappa shape index (κ2) is 6.75. The van der Waals surface area contributed by atoms with Crippen LogP contribution in [0.15, 0.2) is 35.1 Å². The fourth-order valence-electron chi connectivity index (χ4n) is 2.36. The van der Waals surface area contributed by atoms with Crippen LogP contribution >= 0.6 is 11.8 Å².